The summed E-state index contributed by atoms with van der Waals surface area (Å²) in [7, 11) is 0. The van der Waals surface area contributed by atoms with Crippen LogP contribution < -0.4 is 0 Å². The second-order valence-electron chi connectivity index (χ2n) is 1.91. The van der Waals surface area contributed by atoms with Crippen LogP contribution >= 0.6 is 0 Å². The van der Waals surface area contributed by atoms with Crippen LogP contribution in [-0.2, 0) is 4.79 Å². The van der Waals surface area contributed by atoms with Crippen molar-refractivity contribution in [3.05, 3.63) is 23.6 Å². The van der Waals surface area contributed by atoms with E-state index in [1.807, 2.05) is 0 Å². The molecule has 0 spiro atoms. The fraction of sp³-hybridized carbons (Fsp3) is 0.167. The molecule has 1 aliphatic carbocycles. The summed E-state index contributed by atoms with van der Waals surface area (Å²) in [5, 5.41) is 0. The fourth-order valence-electron chi connectivity index (χ4n) is 0.609. The highest BCUT2D eigenvalue weighted by Crippen LogP contribution is 2.26. The predicted molar refractivity (Wildman–Crippen MR) is 28.3 cm³/mol. The lowest BCUT2D eigenvalue weighted by molar-refractivity contribution is -0.121. The Balaban J connectivity index is 3.11. The Hall–Kier alpha value is -1.13. The molecular weight excluding hydrogens is 164 g/mol. The average molecular weight is 166 g/mol. The van der Waals surface area contributed by atoms with Gasteiger partial charge in [0.25, 0.3) is 0 Å². The smallest absolute Gasteiger partial charge is 0.232 e. The normalized spacial score (nSPS) is 25.6. The quantitative estimate of drug-likeness (QED) is 0.502. The number of alkyl halides is 1. The third-order valence-corrected chi connectivity index (χ3v) is 1.17. The first kappa shape index (κ1) is 7.97. The molecule has 1 atom stereocenters. The van der Waals surface area contributed by atoms with E-state index in [1.165, 1.54) is 0 Å². The number of hydrogen-bond acceptors (Lipinski definition) is 1. The number of Topliss-reactive ketones (excluding diaryl/α,β-unsaturated/α-hetero) is 1. The predicted octanol–water partition coefficient (Wildman–Crippen LogP) is 1.91. The first-order valence-electron chi connectivity index (χ1n) is 2.64. The van der Waals surface area contributed by atoms with Gasteiger partial charge in [-0.05, 0) is 0 Å². The molecule has 0 N–H and O–H groups in total. The van der Waals surface area contributed by atoms with E-state index in [1.54, 1.807) is 0 Å². The number of carbonyl (C=O) groups is 1. The summed E-state index contributed by atoms with van der Waals surface area (Å²) in [6.45, 7) is 0. The van der Waals surface area contributed by atoms with Crippen molar-refractivity contribution in [3.8, 4) is 0 Å². The van der Waals surface area contributed by atoms with Crippen LogP contribution in [0.4, 0.5) is 17.6 Å². The maximum atomic E-state index is 12.2. The maximum absolute atomic E-state index is 12.2. The Morgan fingerprint density at radius 2 is 1.82 bits per heavy atom. The van der Waals surface area contributed by atoms with Crippen molar-refractivity contribution in [2.75, 3.05) is 0 Å². The molecule has 1 nitrogen and oxygen atoms in total. The van der Waals surface area contributed by atoms with Crippen molar-refractivity contribution in [2.24, 2.45) is 0 Å². The number of ketones is 1. The van der Waals surface area contributed by atoms with Gasteiger partial charge in [-0.15, -0.1) is 0 Å². The average Bonchev–Trinajstić information content (AvgIpc) is 1.97. The lowest BCUT2D eigenvalue weighted by atomic mass is 10.1. The largest absolute Gasteiger partial charge is 0.288 e. The summed E-state index contributed by atoms with van der Waals surface area (Å²) < 4.78 is 48.4. The van der Waals surface area contributed by atoms with Crippen LogP contribution in [0.15, 0.2) is 23.6 Å². The highest BCUT2D eigenvalue weighted by atomic mass is 19.2. The zero-order valence-electron chi connectivity index (χ0n) is 5.07. The molecule has 11 heavy (non-hydrogen) atoms. The summed E-state index contributed by atoms with van der Waals surface area (Å²) in [6, 6.07) is 0. The van der Waals surface area contributed by atoms with E-state index in [0.29, 0.717) is 0 Å². The molecule has 1 aliphatic rings. The molecule has 1 unspecified atom stereocenters. The van der Waals surface area contributed by atoms with Gasteiger partial charge in [-0.2, -0.15) is 0 Å². The van der Waals surface area contributed by atoms with Crippen LogP contribution in [0.25, 0.3) is 0 Å². The van der Waals surface area contributed by atoms with Gasteiger partial charge < -0.3 is 0 Å². The minimum Gasteiger partial charge on any atom is -0.288 e. The Bertz CT molecular complexity index is 266. The van der Waals surface area contributed by atoms with E-state index in [4.69, 9.17) is 0 Å². The first-order valence-corrected chi connectivity index (χ1v) is 2.64. The van der Waals surface area contributed by atoms with Crippen LogP contribution in [0.5, 0.6) is 0 Å². The van der Waals surface area contributed by atoms with Gasteiger partial charge in [0.15, 0.2) is 17.5 Å². The molecule has 0 fully saturated rings. The Kier molecular flexibility index (Phi) is 1.80. The fourth-order valence-corrected chi connectivity index (χ4v) is 0.609. The molecule has 5 heteroatoms. The van der Waals surface area contributed by atoms with E-state index in [9.17, 15) is 22.4 Å². The summed E-state index contributed by atoms with van der Waals surface area (Å²) in [5.41, 5.74) is 0. The molecule has 0 aromatic heterocycles. The zero-order valence-corrected chi connectivity index (χ0v) is 5.07. The monoisotopic (exact) mass is 166 g/mol. The van der Waals surface area contributed by atoms with E-state index >= 15 is 0 Å². The van der Waals surface area contributed by atoms with E-state index in [0.717, 1.165) is 0 Å². The van der Waals surface area contributed by atoms with Crippen molar-refractivity contribution in [2.45, 2.75) is 6.17 Å². The second-order valence-corrected chi connectivity index (χ2v) is 1.91. The number of carbonyl (C=O) groups excluding carboxylic acids is 1. The van der Waals surface area contributed by atoms with Crippen LogP contribution in [0.1, 0.15) is 0 Å². The topological polar surface area (TPSA) is 17.1 Å². The second kappa shape index (κ2) is 2.48. The zero-order chi connectivity index (χ0) is 8.59. The summed E-state index contributed by atoms with van der Waals surface area (Å²) in [6.07, 6.45) is -2.80. The Morgan fingerprint density at radius 3 is 2.36 bits per heavy atom. The highest BCUT2D eigenvalue weighted by Gasteiger charge is 2.33. The number of halogens is 4. The van der Waals surface area contributed by atoms with Crippen molar-refractivity contribution in [1.29, 1.82) is 0 Å². The lowest BCUT2D eigenvalue weighted by Crippen LogP contribution is -2.20. The number of hydrogen-bond donors (Lipinski definition) is 0. The minimum atomic E-state index is -2.82. The van der Waals surface area contributed by atoms with Gasteiger partial charge >= 0.3 is 0 Å². The van der Waals surface area contributed by atoms with Crippen LogP contribution in [0.3, 0.4) is 0 Å². The molecule has 60 valence electrons. The summed E-state index contributed by atoms with van der Waals surface area (Å²) in [5.74, 6) is -6.81. The van der Waals surface area contributed by atoms with E-state index in [-0.39, 0.29) is 6.08 Å². The molecule has 0 saturated heterocycles. The summed E-state index contributed by atoms with van der Waals surface area (Å²) >= 11 is 0. The molecule has 0 aromatic rings. The van der Waals surface area contributed by atoms with Gasteiger partial charge in [0, 0.05) is 6.08 Å². The van der Waals surface area contributed by atoms with E-state index in [2.05, 4.69) is 0 Å². The van der Waals surface area contributed by atoms with Gasteiger partial charge in [0.2, 0.25) is 12.0 Å². The van der Waals surface area contributed by atoms with Gasteiger partial charge in [0.1, 0.15) is 0 Å². The van der Waals surface area contributed by atoms with Crippen molar-refractivity contribution in [3.63, 3.8) is 0 Å². The van der Waals surface area contributed by atoms with Crippen molar-refractivity contribution >= 4 is 5.78 Å². The number of allylic oxidation sites excluding steroid dienone is 4. The molecule has 0 amide bonds. The highest BCUT2D eigenvalue weighted by molar-refractivity contribution is 6.00. The Labute approximate surface area is 59.0 Å². The van der Waals surface area contributed by atoms with Gasteiger partial charge in [-0.3, -0.25) is 4.79 Å². The molecule has 0 aliphatic heterocycles. The van der Waals surface area contributed by atoms with E-state index < -0.39 is 29.4 Å². The van der Waals surface area contributed by atoms with Gasteiger partial charge in [-0.25, -0.2) is 17.6 Å². The molecule has 0 saturated carbocycles. The van der Waals surface area contributed by atoms with Gasteiger partial charge in [0.05, 0.1) is 0 Å². The standard InChI is InChI=1S/C6H2F4O/c7-2-1-3(8)6(11)5(10)4(2)9/h1,5H. The lowest BCUT2D eigenvalue weighted by Gasteiger charge is -2.07. The third kappa shape index (κ3) is 1.18. The number of rotatable bonds is 0. The van der Waals surface area contributed by atoms with Crippen LogP contribution in [0, 0.1) is 0 Å². The molecule has 0 radical (unpaired) electrons. The first-order chi connectivity index (χ1) is 5.04. The maximum Gasteiger partial charge on any atom is 0.232 e. The molecule has 0 heterocycles. The third-order valence-electron chi connectivity index (χ3n) is 1.17. The van der Waals surface area contributed by atoms with Crippen LogP contribution in [-0.4, -0.2) is 12.0 Å². The molecule has 0 aromatic carbocycles. The van der Waals surface area contributed by atoms with Crippen LogP contribution in [0.2, 0.25) is 0 Å². The van der Waals surface area contributed by atoms with Crippen molar-refractivity contribution < 1.29 is 22.4 Å². The molecule has 1 rings (SSSR count). The minimum absolute atomic E-state index is 0.0216. The SMILES string of the molecule is O=C1C(F)=CC(F)=C(F)C1F. The summed E-state index contributed by atoms with van der Waals surface area (Å²) in [4.78, 5) is 10.2. The Morgan fingerprint density at radius 1 is 1.27 bits per heavy atom. The van der Waals surface area contributed by atoms with Crippen molar-refractivity contribution in [1.82, 2.24) is 0 Å². The molecular formula is C6H2F4O. The molecule has 0 bridgehead atoms. The van der Waals surface area contributed by atoms with Gasteiger partial charge in [-0.1, -0.05) is 0 Å².